The highest BCUT2D eigenvalue weighted by atomic mass is 16.5. The summed E-state index contributed by atoms with van der Waals surface area (Å²) in [5, 5.41) is 6.46. The van der Waals surface area contributed by atoms with Crippen molar-refractivity contribution in [3.05, 3.63) is 36.7 Å². The molecule has 0 aliphatic rings. The topological polar surface area (TPSA) is 68.3 Å². The molecule has 6 heteroatoms. The van der Waals surface area contributed by atoms with E-state index in [1.807, 2.05) is 30.3 Å². The fourth-order valence-electron chi connectivity index (χ4n) is 1.80. The number of methoxy groups -OCH3 is 2. The molecular formula is C15H20N4O2. The van der Waals surface area contributed by atoms with E-state index in [4.69, 9.17) is 9.47 Å². The van der Waals surface area contributed by atoms with Gasteiger partial charge in [0, 0.05) is 38.1 Å². The molecule has 0 aliphatic heterocycles. The molecule has 0 saturated carbocycles. The van der Waals surface area contributed by atoms with Crippen LogP contribution in [0.3, 0.4) is 0 Å². The van der Waals surface area contributed by atoms with Crippen LogP contribution in [0.25, 0.3) is 0 Å². The number of nitrogens with zero attached hydrogens (tertiary/aromatic N) is 2. The van der Waals surface area contributed by atoms with Crippen molar-refractivity contribution < 1.29 is 9.47 Å². The predicted octanol–water partition coefficient (Wildman–Crippen LogP) is 2.68. The minimum atomic E-state index is 0.729. The maximum Gasteiger partial charge on any atom is 0.135 e. The predicted molar refractivity (Wildman–Crippen MR) is 83.3 cm³/mol. The van der Waals surface area contributed by atoms with Gasteiger partial charge < -0.3 is 20.1 Å². The van der Waals surface area contributed by atoms with Crippen LogP contribution in [0.2, 0.25) is 0 Å². The van der Waals surface area contributed by atoms with Crippen LogP contribution in [0.4, 0.5) is 17.3 Å². The minimum absolute atomic E-state index is 0.729. The van der Waals surface area contributed by atoms with Gasteiger partial charge in [-0.3, -0.25) is 0 Å². The second-order valence-electron chi connectivity index (χ2n) is 4.42. The second kappa shape index (κ2) is 8.06. The van der Waals surface area contributed by atoms with Gasteiger partial charge in [-0.25, -0.2) is 9.97 Å². The number of aromatic nitrogens is 2. The fourth-order valence-corrected chi connectivity index (χ4v) is 1.80. The Bertz CT molecular complexity index is 563. The Labute approximate surface area is 124 Å². The van der Waals surface area contributed by atoms with Crippen LogP contribution in [0.15, 0.2) is 36.7 Å². The molecule has 0 fully saturated rings. The summed E-state index contributed by atoms with van der Waals surface area (Å²) in [5.74, 6) is 2.31. The molecule has 1 aromatic heterocycles. The van der Waals surface area contributed by atoms with Crippen molar-refractivity contribution >= 4 is 17.3 Å². The average molecular weight is 288 g/mol. The molecule has 0 radical (unpaired) electrons. The Morgan fingerprint density at radius 1 is 1.10 bits per heavy atom. The van der Waals surface area contributed by atoms with Crippen molar-refractivity contribution in [3.8, 4) is 5.75 Å². The third-order valence-corrected chi connectivity index (χ3v) is 2.84. The summed E-state index contributed by atoms with van der Waals surface area (Å²) in [5.41, 5.74) is 0.915. The van der Waals surface area contributed by atoms with E-state index in [2.05, 4.69) is 20.6 Å². The molecule has 2 N–H and O–H groups in total. The first-order valence-electron chi connectivity index (χ1n) is 6.78. The molecule has 0 saturated heterocycles. The molecular weight excluding hydrogens is 268 g/mol. The number of benzene rings is 1. The zero-order chi connectivity index (χ0) is 14.9. The van der Waals surface area contributed by atoms with Gasteiger partial charge >= 0.3 is 0 Å². The standard InChI is InChI=1S/C15H20N4O2/c1-20-8-4-7-16-14-10-15(18-11-17-14)19-12-5-3-6-13(9-12)21-2/h3,5-6,9-11H,4,7-8H2,1-2H3,(H2,16,17,18,19). The van der Waals surface area contributed by atoms with E-state index in [9.17, 15) is 0 Å². The summed E-state index contributed by atoms with van der Waals surface area (Å²) in [4.78, 5) is 8.39. The van der Waals surface area contributed by atoms with Crippen molar-refractivity contribution in [2.75, 3.05) is 38.0 Å². The molecule has 0 aliphatic carbocycles. The molecule has 0 amide bonds. The fraction of sp³-hybridized carbons (Fsp3) is 0.333. The van der Waals surface area contributed by atoms with Gasteiger partial charge in [-0.05, 0) is 18.6 Å². The van der Waals surface area contributed by atoms with Crippen molar-refractivity contribution in [3.63, 3.8) is 0 Å². The summed E-state index contributed by atoms with van der Waals surface area (Å²) < 4.78 is 10.2. The normalized spacial score (nSPS) is 10.2. The van der Waals surface area contributed by atoms with Crippen LogP contribution in [-0.4, -0.2) is 37.3 Å². The van der Waals surface area contributed by atoms with E-state index in [0.29, 0.717) is 0 Å². The lowest BCUT2D eigenvalue weighted by Crippen LogP contribution is -2.06. The van der Waals surface area contributed by atoms with Crippen LogP contribution in [-0.2, 0) is 4.74 Å². The van der Waals surface area contributed by atoms with Gasteiger partial charge in [0.05, 0.1) is 7.11 Å². The quantitative estimate of drug-likeness (QED) is 0.728. The van der Waals surface area contributed by atoms with E-state index >= 15 is 0 Å². The maximum absolute atomic E-state index is 5.20. The van der Waals surface area contributed by atoms with Crippen LogP contribution in [0, 0.1) is 0 Å². The summed E-state index contributed by atoms with van der Waals surface area (Å²) in [7, 11) is 3.34. The monoisotopic (exact) mass is 288 g/mol. The number of rotatable bonds is 8. The largest absolute Gasteiger partial charge is 0.497 e. The van der Waals surface area contributed by atoms with Crippen LogP contribution in [0.5, 0.6) is 5.75 Å². The van der Waals surface area contributed by atoms with Crippen LogP contribution < -0.4 is 15.4 Å². The van der Waals surface area contributed by atoms with E-state index in [0.717, 1.165) is 42.6 Å². The van der Waals surface area contributed by atoms with Crippen LogP contribution >= 0.6 is 0 Å². The van der Waals surface area contributed by atoms with Crippen molar-refractivity contribution in [1.29, 1.82) is 0 Å². The SMILES string of the molecule is COCCCNc1cc(Nc2cccc(OC)c2)ncn1. The third-order valence-electron chi connectivity index (χ3n) is 2.84. The van der Waals surface area contributed by atoms with Crippen molar-refractivity contribution in [2.24, 2.45) is 0 Å². The molecule has 112 valence electrons. The van der Waals surface area contributed by atoms with E-state index < -0.39 is 0 Å². The highest BCUT2D eigenvalue weighted by Crippen LogP contribution is 2.20. The van der Waals surface area contributed by atoms with E-state index in [-0.39, 0.29) is 0 Å². The molecule has 21 heavy (non-hydrogen) atoms. The van der Waals surface area contributed by atoms with Gasteiger partial charge in [0.1, 0.15) is 23.7 Å². The molecule has 0 bridgehead atoms. The number of ether oxygens (including phenoxy) is 2. The lowest BCUT2D eigenvalue weighted by atomic mass is 10.3. The first-order chi connectivity index (χ1) is 10.3. The minimum Gasteiger partial charge on any atom is -0.497 e. The van der Waals surface area contributed by atoms with E-state index in [1.54, 1.807) is 14.2 Å². The Balaban J connectivity index is 1.96. The Morgan fingerprint density at radius 2 is 1.95 bits per heavy atom. The highest BCUT2D eigenvalue weighted by molar-refractivity contribution is 5.60. The summed E-state index contributed by atoms with van der Waals surface area (Å²) in [6, 6.07) is 9.55. The zero-order valence-electron chi connectivity index (χ0n) is 12.3. The van der Waals surface area contributed by atoms with Crippen LogP contribution in [0.1, 0.15) is 6.42 Å². The van der Waals surface area contributed by atoms with Gasteiger partial charge in [-0.1, -0.05) is 6.07 Å². The van der Waals surface area contributed by atoms with E-state index in [1.165, 1.54) is 6.33 Å². The number of anilines is 3. The van der Waals surface area contributed by atoms with Gasteiger partial charge in [0.15, 0.2) is 0 Å². The van der Waals surface area contributed by atoms with Gasteiger partial charge in [-0.2, -0.15) is 0 Å². The lowest BCUT2D eigenvalue weighted by molar-refractivity contribution is 0.198. The molecule has 2 aromatic rings. The first kappa shape index (κ1) is 15.1. The number of hydrogen-bond acceptors (Lipinski definition) is 6. The maximum atomic E-state index is 5.20. The molecule has 0 unspecified atom stereocenters. The number of hydrogen-bond donors (Lipinski definition) is 2. The molecule has 6 nitrogen and oxygen atoms in total. The van der Waals surface area contributed by atoms with Crippen molar-refractivity contribution in [2.45, 2.75) is 6.42 Å². The third kappa shape index (κ3) is 4.92. The Hall–Kier alpha value is -2.34. The Morgan fingerprint density at radius 3 is 2.76 bits per heavy atom. The van der Waals surface area contributed by atoms with Gasteiger partial charge in [0.25, 0.3) is 0 Å². The molecule has 2 rings (SSSR count). The Kier molecular flexibility index (Phi) is 5.78. The summed E-state index contributed by atoms with van der Waals surface area (Å²) in [6.45, 7) is 1.54. The molecule has 1 aromatic carbocycles. The average Bonchev–Trinajstić information content (AvgIpc) is 2.52. The molecule has 0 atom stereocenters. The van der Waals surface area contributed by atoms with Gasteiger partial charge in [0.2, 0.25) is 0 Å². The molecule has 1 heterocycles. The first-order valence-corrected chi connectivity index (χ1v) is 6.78. The summed E-state index contributed by atoms with van der Waals surface area (Å²) in [6.07, 6.45) is 2.46. The summed E-state index contributed by atoms with van der Waals surface area (Å²) >= 11 is 0. The highest BCUT2D eigenvalue weighted by Gasteiger charge is 2.00. The van der Waals surface area contributed by atoms with Gasteiger partial charge in [-0.15, -0.1) is 0 Å². The zero-order valence-corrected chi connectivity index (χ0v) is 12.3. The lowest BCUT2D eigenvalue weighted by Gasteiger charge is -2.09. The van der Waals surface area contributed by atoms with Crippen molar-refractivity contribution in [1.82, 2.24) is 9.97 Å². The smallest absolute Gasteiger partial charge is 0.135 e. The second-order valence-corrected chi connectivity index (χ2v) is 4.42. The number of nitrogens with one attached hydrogen (secondary N) is 2. The molecule has 0 spiro atoms.